The number of hydrogen-bond acceptors (Lipinski definition) is 6. The molecule has 0 unspecified atom stereocenters. The van der Waals surface area contributed by atoms with Crippen molar-refractivity contribution in [2.75, 3.05) is 20.2 Å². The first-order valence-corrected chi connectivity index (χ1v) is 10.6. The summed E-state index contributed by atoms with van der Waals surface area (Å²) in [5, 5.41) is 8.25. The molecule has 150 valence electrons. The summed E-state index contributed by atoms with van der Waals surface area (Å²) < 4.78 is 36.3. The number of fused-ring (bicyclic) bond motifs is 1. The maximum Gasteiger partial charge on any atom is 0.247 e. The lowest BCUT2D eigenvalue weighted by Crippen LogP contribution is -2.46. The van der Waals surface area contributed by atoms with Gasteiger partial charge in [-0.2, -0.15) is 14.5 Å². The average molecular weight is 425 g/mol. The Kier molecular flexibility index (Phi) is 4.90. The van der Waals surface area contributed by atoms with E-state index in [1.165, 1.54) is 21.5 Å². The number of piperidine rings is 1. The number of hydrogen-bond donors (Lipinski definition) is 0. The highest BCUT2D eigenvalue weighted by molar-refractivity contribution is 7.89. The first-order valence-electron chi connectivity index (χ1n) is 8.83. The number of pyridine rings is 1. The van der Waals surface area contributed by atoms with Crippen molar-refractivity contribution in [3.05, 3.63) is 41.1 Å². The Morgan fingerprint density at radius 3 is 2.79 bits per heavy atom. The molecule has 9 nitrogen and oxygen atoms in total. The third kappa shape index (κ3) is 3.10. The number of methoxy groups -OCH3 is 1. The van der Waals surface area contributed by atoms with Crippen LogP contribution in [0, 0.1) is 6.92 Å². The van der Waals surface area contributed by atoms with Crippen molar-refractivity contribution >= 4 is 27.3 Å². The lowest BCUT2D eigenvalue weighted by Gasteiger charge is -2.37. The quantitative estimate of drug-likeness (QED) is 0.631. The predicted octanol–water partition coefficient (Wildman–Crippen LogP) is 1.62. The molecule has 1 aliphatic rings. The summed E-state index contributed by atoms with van der Waals surface area (Å²) in [6.45, 7) is 2.63. The van der Waals surface area contributed by atoms with Gasteiger partial charge < -0.3 is 4.74 Å². The number of nitrogens with zero attached hydrogens (tertiary/aromatic N) is 6. The van der Waals surface area contributed by atoms with Crippen LogP contribution in [0.4, 0.5) is 0 Å². The smallest absolute Gasteiger partial charge is 0.247 e. The number of aromatic nitrogens is 5. The molecule has 2 atom stereocenters. The number of aryl methyl sites for hydroxylation is 2. The van der Waals surface area contributed by atoms with Crippen LogP contribution in [-0.2, 0) is 21.8 Å². The van der Waals surface area contributed by atoms with Gasteiger partial charge in [-0.1, -0.05) is 11.6 Å². The van der Waals surface area contributed by atoms with Crippen LogP contribution in [0.15, 0.2) is 29.7 Å². The van der Waals surface area contributed by atoms with Crippen molar-refractivity contribution in [2.45, 2.75) is 30.3 Å². The molecule has 0 N–H and O–H groups in total. The number of ether oxygens (including phenoxy) is 1. The fourth-order valence-corrected chi connectivity index (χ4v) is 5.65. The van der Waals surface area contributed by atoms with Crippen LogP contribution in [0.5, 0.6) is 0 Å². The van der Waals surface area contributed by atoms with Crippen LogP contribution in [0.2, 0.25) is 5.15 Å². The fourth-order valence-electron chi connectivity index (χ4n) is 3.78. The van der Waals surface area contributed by atoms with Crippen molar-refractivity contribution in [1.29, 1.82) is 0 Å². The van der Waals surface area contributed by atoms with E-state index < -0.39 is 10.0 Å². The van der Waals surface area contributed by atoms with Gasteiger partial charge in [0.05, 0.1) is 12.3 Å². The molecule has 0 amide bonds. The molecule has 0 radical (unpaired) electrons. The Labute approximate surface area is 167 Å². The van der Waals surface area contributed by atoms with Gasteiger partial charge in [0, 0.05) is 39.4 Å². The normalized spacial score (nSPS) is 21.4. The van der Waals surface area contributed by atoms with Crippen LogP contribution >= 0.6 is 11.6 Å². The highest BCUT2D eigenvalue weighted by Gasteiger charge is 2.38. The van der Waals surface area contributed by atoms with Gasteiger partial charge in [-0.05, 0) is 30.5 Å². The maximum atomic E-state index is 13.0. The van der Waals surface area contributed by atoms with E-state index in [0.29, 0.717) is 13.0 Å². The van der Waals surface area contributed by atoms with Gasteiger partial charge in [-0.3, -0.25) is 4.68 Å². The van der Waals surface area contributed by atoms with Gasteiger partial charge in [0.1, 0.15) is 16.4 Å². The molecular weight excluding hydrogens is 404 g/mol. The summed E-state index contributed by atoms with van der Waals surface area (Å²) in [7, 11) is -0.535. The minimum Gasteiger partial charge on any atom is -0.379 e. The van der Waals surface area contributed by atoms with Gasteiger partial charge in [-0.25, -0.2) is 17.9 Å². The van der Waals surface area contributed by atoms with E-state index in [1.54, 1.807) is 18.7 Å². The van der Waals surface area contributed by atoms with Gasteiger partial charge in [-0.15, -0.1) is 0 Å². The van der Waals surface area contributed by atoms with E-state index in [1.807, 2.05) is 19.2 Å². The molecule has 11 heteroatoms. The van der Waals surface area contributed by atoms with Crippen molar-refractivity contribution in [2.24, 2.45) is 7.05 Å². The van der Waals surface area contributed by atoms with E-state index in [0.717, 1.165) is 16.8 Å². The van der Waals surface area contributed by atoms with E-state index in [-0.39, 0.29) is 28.6 Å². The largest absolute Gasteiger partial charge is 0.379 e. The first-order chi connectivity index (χ1) is 13.3. The standard InChI is InChI=1S/C17H21ClN6O3S/c1-11-6-16-19-10-21-24(16)8-13(11)12-4-5-23(9-14(12)27-3)28(25,26)15-7-20-22(2)17(15)18/h6-8,10,12,14H,4-5,9H2,1-3H3/t12-,14+/m1/s1. The van der Waals surface area contributed by atoms with Crippen molar-refractivity contribution in [1.82, 2.24) is 28.7 Å². The van der Waals surface area contributed by atoms with Crippen LogP contribution in [-0.4, -0.2) is 63.4 Å². The molecule has 0 aromatic carbocycles. The summed E-state index contributed by atoms with van der Waals surface area (Å²) in [5.41, 5.74) is 2.95. The van der Waals surface area contributed by atoms with Crippen LogP contribution in [0.1, 0.15) is 23.5 Å². The molecule has 0 aliphatic carbocycles. The van der Waals surface area contributed by atoms with Gasteiger partial charge in [0.25, 0.3) is 0 Å². The zero-order chi connectivity index (χ0) is 20.1. The Hall–Kier alpha value is -2.01. The molecule has 0 bridgehead atoms. The molecule has 28 heavy (non-hydrogen) atoms. The topological polar surface area (TPSA) is 94.6 Å². The second-order valence-corrected chi connectivity index (χ2v) is 9.19. The SMILES string of the molecule is CO[C@H]1CN(S(=O)(=O)c2cnn(C)c2Cl)CC[C@@H]1c1cn2ncnc2cc1C. The summed E-state index contributed by atoms with van der Waals surface area (Å²) in [6, 6.07) is 1.98. The van der Waals surface area contributed by atoms with Crippen LogP contribution in [0.3, 0.4) is 0 Å². The maximum absolute atomic E-state index is 13.0. The summed E-state index contributed by atoms with van der Waals surface area (Å²) in [4.78, 5) is 4.22. The van der Waals surface area contributed by atoms with Crippen LogP contribution in [0.25, 0.3) is 5.65 Å². The van der Waals surface area contributed by atoms with Crippen molar-refractivity contribution < 1.29 is 13.2 Å². The zero-order valence-corrected chi connectivity index (χ0v) is 17.4. The molecule has 3 aromatic rings. The summed E-state index contributed by atoms with van der Waals surface area (Å²) >= 11 is 6.12. The van der Waals surface area contributed by atoms with E-state index in [4.69, 9.17) is 16.3 Å². The molecule has 4 rings (SSSR count). The Balaban J connectivity index is 1.63. The predicted molar refractivity (Wildman–Crippen MR) is 103 cm³/mol. The van der Waals surface area contributed by atoms with Crippen LogP contribution < -0.4 is 0 Å². The number of halogens is 1. The summed E-state index contributed by atoms with van der Waals surface area (Å²) in [5.74, 6) is 0.0504. The number of rotatable bonds is 4. The van der Waals surface area contributed by atoms with E-state index >= 15 is 0 Å². The average Bonchev–Trinajstić information content (AvgIpc) is 3.27. The number of sulfonamides is 1. The van der Waals surface area contributed by atoms with E-state index in [2.05, 4.69) is 15.2 Å². The molecule has 0 saturated carbocycles. The van der Waals surface area contributed by atoms with Gasteiger partial charge in [0.2, 0.25) is 10.0 Å². The molecule has 0 spiro atoms. The highest BCUT2D eigenvalue weighted by atomic mass is 35.5. The minimum absolute atomic E-state index is 0.0187. The Bertz CT molecular complexity index is 1130. The van der Waals surface area contributed by atoms with Gasteiger partial charge in [0.15, 0.2) is 5.65 Å². The second kappa shape index (κ2) is 7.11. The fraction of sp³-hybridized carbons (Fsp3) is 0.471. The molecular formula is C17H21ClN6O3S. The minimum atomic E-state index is -3.75. The third-order valence-electron chi connectivity index (χ3n) is 5.34. The molecule has 3 aromatic heterocycles. The van der Waals surface area contributed by atoms with Crippen molar-refractivity contribution in [3.63, 3.8) is 0 Å². The van der Waals surface area contributed by atoms with E-state index in [9.17, 15) is 8.42 Å². The first kappa shape index (κ1) is 19.3. The monoisotopic (exact) mass is 424 g/mol. The molecule has 1 aliphatic heterocycles. The Morgan fingerprint density at radius 2 is 2.11 bits per heavy atom. The second-order valence-electron chi connectivity index (χ2n) is 6.93. The Morgan fingerprint density at radius 1 is 1.32 bits per heavy atom. The molecule has 1 fully saturated rings. The highest BCUT2D eigenvalue weighted by Crippen LogP contribution is 2.35. The lowest BCUT2D eigenvalue weighted by molar-refractivity contribution is 0.0387. The molecule has 1 saturated heterocycles. The lowest BCUT2D eigenvalue weighted by atomic mass is 9.86. The third-order valence-corrected chi connectivity index (χ3v) is 7.77. The zero-order valence-electron chi connectivity index (χ0n) is 15.8. The molecule has 4 heterocycles. The summed E-state index contributed by atoms with van der Waals surface area (Å²) in [6.07, 6.45) is 5.08. The van der Waals surface area contributed by atoms with Gasteiger partial charge >= 0.3 is 0 Å². The van der Waals surface area contributed by atoms with Crippen molar-refractivity contribution in [3.8, 4) is 0 Å².